The second-order valence-corrected chi connectivity index (χ2v) is 19.1. The van der Waals surface area contributed by atoms with Crippen LogP contribution in [0, 0.1) is 17.8 Å². The Morgan fingerprint density at radius 3 is 1.97 bits per heavy atom. The van der Waals surface area contributed by atoms with Crippen LogP contribution in [0.3, 0.4) is 0 Å². The van der Waals surface area contributed by atoms with Gasteiger partial charge < -0.3 is 66.6 Å². The van der Waals surface area contributed by atoms with Crippen LogP contribution in [0.2, 0.25) is 0 Å². The fourth-order valence-electron chi connectivity index (χ4n) is 10.1. The zero-order chi connectivity index (χ0) is 51.2. The van der Waals surface area contributed by atoms with Gasteiger partial charge in [0.25, 0.3) is 0 Å². The van der Waals surface area contributed by atoms with Gasteiger partial charge in [-0.05, 0) is 73.5 Å². The summed E-state index contributed by atoms with van der Waals surface area (Å²) in [5.41, 5.74) is -1.36. The highest BCUT2D eigenvalue weighted by molar-refractivity contribution is 5.73. The second-order valence-electron chi connectivity index (χ2n) is 19.1. The summed E-state index contributed by atoms with van der Waals surface area (Å²) < 4.78 is 74.4. The van der Waals surface area contributed by atoms with E-state index in [1.807, 2.05) is 23.8 Å². The second kappa shape index (κ2) is 27.2. The standard InChI is InChI=1S/C48H82N2O18/c1-17-36(54)65-34-23-38(56)60-27(4)19-20-50(13)25-35(63-30(7)51)26(3)21-33(22-39(57-14)58-15)41(44(34)59-16)45-46(64-31(8)52)42(49(11)12)43(28(5)62-45)67-40-24-48(10,68-32(9)53)47(29(6)61-40)66-37(55)18-2/h26-29,33-35,39-47H,17-25H2,1-16H3/t26-,27-,28-,29+,33-,34-,35+,40-,41+,42+,43-,44-,45+,46-,47+,48-/m1/s1. The Labute approximate surface area is 403 Å². The Hall–Kier alpha value is -3.50. The van der Waals surface area contributed by atoms with Crippen LogP contribution >= 0.6 is 0 Å². The van der Waals surface area contributed by atoms with Crippen molar-refractivity contribution in [2.45, 2.75) is 199 Å². The molecule has 3 saturated heterocycles. The Morgan fingerprint density at radius 1 is 0.809 bits per heavy atom. The van der Waals surface area contributed by atoms with E-state index in [9.17, 15) is 28.8 Å². The molecule has 0 aromatic heterocycles. The molecule has 0 N–H and O–H groups in total. The van der Waals surface area contributed by atoms with Gasteiger partial charge in [-0.1, -0.05) is 20.8 Å². The van der Waals surface area contributed by atoms with Crippen molar-refractivity contribution in [3.05, 3.63) is 0 Å². The highest BCUT2D eigenvalue weighted by Gasteiger charge is 2.58. The van der Waals surface area contributed by atoms with E-state index in [1.54, 1.807) is 55.6 Å². The van der Waals surface area contributed by atoms with E-state index in [1.165, 1.54) is 42.1 Å². The number of carbonyl (C=O) groups is 6. The first-order valence-corrected chi connectivity index (χ1v) is 23.9. The Kier molecular flexibility index (Phi) is 23.5. The van der Waals surface area contributed by atoms with E-state index in [0.717, 1.165) is 0 Å². The fraction of sp³-hybridized carbons (Fsp3) is 0.875. The number of hydrogen-bond donors (Lipinski definition) is 0. The van der Waals surface area contributed by atoms with E-state index < -0.39 is 133 Å². The van der Waals surface area contributed by atoms with E-state index >= 15 is 0 Å². The van der Waals surface area contributed by atoms with Crippen LogP contribution in [0.25, 0.3) is 0 Å². The third-order valence-corrected chi connectivity index (χ3v) is 13.2. The molecule has 3 aliphatic rings. The molecule has 3 rings (SSSR count). The molecule has 0 aromatic rings. The number of likely N-dealkylation sites (N-methyl/N-ethyl adjacent to an activating group) is 2. The smallest absolute Gasteiger partial charge is 0.309 e. The summed E-state index contributed by atoms with van der Waals surface area (Å²) in [6.45, 7) is 17.0. The molecule has 3 fully saturated rings. The minimum atomic E-state index is -1.36. The van der Waals surface area contributed by atoms with Gasteiger partial charge in [0.15, 0.2) is 24.3 Å². The lowest BCUT2D eigenvalue weighted by molar-refractivity contribution is -0.320. The van der Waals surface area contributed by atoms with Crippen LogP contribution in [0.1, 0.15) is 114 Å². The summed E-state index contributed by atoms with van der Waals surface area (Å²) in [5, 5.41) is 0. The minimum absolute atomic E-state index is 0.00969. The molecule has 16 atom stereocenters. The lowest BCUT2D eigenvalue weighted by Crippen LogP contribution is -2.68. The van der Waals surface area contributed by atoms with Gasteiger partial charge in [-0.25, -0.2) is 0 Å². The number of methoxy groups -OCH3 is 3. The first kappa shape index (κ1) is 58.8. The molecule has 0 spiro atoms. The van der Waals surface area contributed by atoms with Crippen LogP contribution in [0.5, 0.6) is 0 Å². The molecule has 0 bridgehead atoms. The van der Waals surface area contributed by atoms with Crippen LogP contribution in [-0.4, -0.2) is 186 Å². The summed E-state index contributed by atoms with van der Waals surface area (Å²) in [7, 11) is 9.97. The number of nitrogens with zero attached hydrogens (tertiary/aromatic N) is 2. The van der Waals surface area contributed by atoms with Crippen molar-refractivity contribution in [2.75, 3.05) is 55.6 Å². The molecule has 68 heavy (non-hydrogen) atoms. The molecule has 0 radical (unpaired) electrons. The van der Waals surface area contributed by atoms with Crippen molar-refractivity contribution in [1.29, 1.82) is 0 Å². The van der Waals surface area contributed by atoms with Gasteiger partial charge in [0, 0.05) is 86.8 Å². The molecule has 0 aliphatic carbocycles. The van der Waals surface area contributed by atoms with E-state index in [0.29, 0.717) is 25.9 Å². The van der Waals surface area contributed by atoms with Crippen molar-refractivity contribution >= 4 is 35.8 Å². The highest BCUT2D eigenvalue weighted by atomic mass is 16.7. The highest BCUT2D eigenvalue weighted by Crippen LogP contribution is 2.44. The fourth-order valence-corrected chi connectivity index (χ4v) is 10.1. The van der Waals surface area contributed by atoms with Gasteiger partial charge >= 0.3 is 35.8 Å². The van der Waals surface area contributed by atoms with Gasteiger partial charge in [0.1, 0.15) is 42.7 Å². The molecule has 3 heterocycles. The molecule has 0 saturated carbocycles. The number of carbonyl (C=O) groups excluding carboxylic acids is 6. The zero-order valence-electron chi connectivity index (χ0n) is 43.3. The topological polar surface area (TPSA) is 220 Å². The van der Waals surface area contributed by atoms with Gasteiger partial charge in [-0.15, -0.1) is 0 Å². The Morgan fingerprint density at radius 2 is 1.43 bits per heavy atom. The summed E-state index contributed by atoms with van der Waals surface area (Å²) in [4.78, 5) is 82.3. The maximum absolute atomic E-state index is 13.9. The van der Waals surface area contributed by atoms with Gasteiger partial charge in [-0.3, -0.25) is 28.8 Å². The number of esters is 6. The SMILES string of the molecule is CCC(=O)O[C@@H]1CC(=O)O[C@H](C)CCN(C)C[C@H](OC(C)=O)[C@H](C)C[C@H](CC(OC)OC)[C@H]([C@@H]2O[C@H](C)[C@@H](O[C@@H]3C[C@@](C)(OC(C)=O)[C@@H](OC(=O)CC)[C@H](C)O3)[C@H](N(C)C)[C@H]2OC(C)=O)[C@@H]1OC. The van der Waals surface area contributed by atoms with Crippen molar-refractivity contribution in [3.8, 4) is 0 Å². The van der Waals surface area contributed by atoms with E-state index in [2.05, 4.69) is 0 Å². The van der Waals surface area contributed by atoms with Crippen LogP contribution in [0.4, 0.5) is 0 Å². The monoisotopic (exact) mass is 975 g/mol. The maximum Gasteiger partial charge on any atom is 0.309 e. The molecule has 20 heteroatoms. The number of hydrogen-bond acceptors (Lipinski definition) is 20. The Bertz CT molecular complexity index is 1650. The number of rotatable bonds is 16. The maximum atomic E-state index is 13.9. The van der Waals surface area contributed by atoms with Crippen LogP contribution in [0.15, 0.2) is 0 Å². The van der Waals surface area contributed by atoms with Crippen LogP contribution < -0.4 is 0 Å². The largest absolute Gasteiger partial charge is 0.463 e. The van der Waals surface area contributed by atoms with Crippen LogP contribution in [-0.2, 0) is 85.6 Å². The van der Waals surface area contributed by atoms with Gasteiger partial charge in [0.2, 0.25) is 0 Å². The minimum Gasteiger partial charge on any atom is -0.463 e. The molecular weight excluding hydrogens is 893 g/mol. The molecule has 0 amide bonds. The molecule has 392 valence electrons. The first-order valence-electron chi connectivity index (χ1n) is 23.9. The van der Waals surface area contributed by atoms with Crippen molar-refractivity contribution in [1.82, 2.24) is 9.80 Å². The predicted molar refractivity (Wildman–Crippen MR) is 244 cm³/mol. The third-order valence-electron chi connectivity index (χ3n) is 13.2. The van der Waals surface area contributed by atoms with E-state index in [4.69, 9.17) is 56.8 Å². The summed E-state index contributed by atoms with van der Waals surface area (Å²) in [6.07, 6.45) is -10.3. The normalized spacial score (nSPS) is 35.9. The third kappa shape index (κ3) is 16.6. The van der Waals surface area contributed by atoms with E-state index in [-0.39, 0.29) is 38.0 Å². The van der Waals surface area contributed by atoms with Crippen molar-refractivity contribution in [3.63, 3.8) is 0 Å². The lowest BCUT2D eigenvalue weighted by atomic mass is 9.70. The zero-order valence-corrected chi connectivity index (χ0v) is 43.3. The Balaban J connectivity index is 2.34. The summed E-state index contributed by atoms with van der Waals surface area (Å²) >= 11 is 0. The van der Waals surface area contributed by atoms with Gasteiger partial charge in [0.05, 0.1) is 24.7 Å². The summed E-state index contributed by atoms with van der Waals surface area (Å²) in [5.74, 6) is -5.19. The average Bonchev–Trinajstić information content (AvgIpc) is 3.24. The first-order chi connectivity index (χ1) is 31.9. The quantitative estimate of drug-likeness (QED) is 0.121. The number of cyclic esters (lactones) is 1. The van der Waals surface area contributed by atoms with Crippen molar-refractivity contribution < 1.29 is 85.6 Å². The molecule has 20 nitrogen and oxygen atoms in total. The average molecular weight is 975 g/mol. The summed E-state index contributed by atoms with van der Waals surface area (Å²) in [6, 6.07) is -0.778. The van der Waals surface area contributed by atoms with Crippen molar-refractivity contribution in [2.24, 2.45) is 17.8 Å². The molecular formula is C48H82N2O18. The molecule has 3 aliphatic heterocycles. The van der Waals surface area contributed by atoms with Gasteiger partial charge in [-0.2, -0.15) is 0 Å². The predicted octanol–water partition coefficient (Wildman–Crippen LogP) is 3.99. The number of ether oxygens (including phenoxy) is 12. The molecule has 0 aromatic carbocycles. The molecule has 0 unspecified atom stereocenters. The lowest BCUT2D eigenvalue weighted by Gasteiger charge is -2.54.